The fourth-order valence-corrected chi connectivity index (χ4v) is 3.53. The lowest BCUT2D eigenvalue weighted by Gasteiger charge is -2.19. The molecule has 1 aromatic heterocycles. The third kappa shape index (κ3) is 5.91. The number of nitrogens with zero attached hydrogens (tertiary/aromatic N) is 2. The number of carbonyl (C=O) groups excluding carboxylic acids is 1. The second-order valence-electron chi connectivity index (χ2n) is 7.20. The lowest BCUT2D eigenvalue weighted by molar-refractivity contribution is -0.139. The number of methoxy groups -OCH3 is 1. The van der Waals surface area contributed by atoms with E-state index in [-0.39, 0.29) is 24.6 Å². The number of aryl methyl sites for hydroxylation is 1. The van der Waals surface area contributed by atoms with Gasteiger partial charge < -0.3 is 14.8 Å². The molecule has 6 nitrogen and oxygen atoms in total. The summed E-state index contributed by atoms with van der Waals surface area (Å²) >= 11 is 0. The second-order valence-corrected chi connectivity index (χ2v) is 7.20. The molecule has 1 atom stereocenters. The predicted molar refractivity (Wildman–Crippen MR) is 104 cm³/mol. The van der Waals surface area contributed by atoms with E-state index in [0.29, 0.717) is 35.1 Å². The summed E-state index contributed by atoms with van der Waals surface area (Å²) in [5.41, 5.74) is 2.14. The summed E-state index contributed by atoms with van der Waals surface area (Å²) in [5, 5.41) is 3.20. The minimum atomic E-state index is -4.26. The van der Waals surface area contributed by atoms with Crippen molar-refractivity contribution in [3.63, 3.8) is 0 Å². The average molecular weight is 423 g/mol. The third-order valence-corrected chi connectivity index (χ3v) is 4.78. The maximum Gasteiger partial charge on any atom is 0.393 e. The number of carbonyl (C=O) groups is 1. The SMILES string of the molecule is COC(=O)Cc1nc(C)nc(NCc2cccc(CC(F)(F)F)c2)c1C1CCCO1. The summed E-state index contributed by atoms with van der Waals surface area (Å²) < 4.78 is 48.6. The van der Waals surface area contributed by atoms with E-state index in [1.807, 2.05) is 0 Å². The van der Waals surface area contributed by atoms with Crippen LogP contribution in [-0.4, -0.2) is 35.8 Å². The zero-order valence-electron chi connectivity index (χ0n) is 16.9. The van der Waals surface area contributed by atoms with Gasteiger partial charge in [-0.1, -0.05) is 24.3 Å². The van der Waals surface area contributed by atoms with Gasteiger partial charge in [0.25, 0.3) is 0 Å². The Morgan fingerprint density at radius 1 is 1.30 bits per heavy atom. The molecule has 0 aliphatic carbocycles. The molecule has 1 aromatic carbocycles. The standard InChI is InChI=1S/C21H24F3N3O3/c1-13-26-16(10-18(28)29-2)19(17-7-4-8-30-17)20(27-13)25-12-15-6-3-5-14(9-15)11-21(22,23)24/h3,5-6,9,17H,4,7-8,10-12H2,1-2H3,(H,25,26,27). The maximum absolute atomic E-state index is 12.7. The van der Waals surface area contributed by atoms with Gasteiger partial charge in [-0.3, -0.25) is 4.79 Å². The number of benzene rings is 1. The van der Waals surface area contributed by atoms with Crippen LogP contribution in [0.2, 0.25) is 0 Å². The molecular formula is C21H24F3N3O3. The highest BCUT2D eigenvalue weighted by atomic mass is 19.4. The van der Waals surface area contributed by atoms with Crippen molar-refractivity contribution >= 4 is 11.8 Å². The first-order valence-corrected chi connectivity index (χ1v) is 9.69. The maximum atomic E-state index is 12.7. The van der Waals surface area contributed by atoms with E-state index in [2.05, 4.69) is 15.3 Å². The Morgan fingerprint density at radius 3 is 2.73 bits per heavy atom. The molecule has 2 heterocycles. The van der Waals surface area contributed by atoms with Gasteiger partial charge in [-0.25, -0.2) is 9.97 Å². The Labute approximate surface area is 172 Å². The number of halogens is 3. The van der Waals surface area contributed by atoms with E-state index in [1.54, 1.807) is 19.1 Å². The van der Waals surface area contributed by atoms with Crippen LogP contribution in [0.5, 0.6) is 0 Å². The van der Waals surface area contributed by atoms with Crippen LogP contribution >= 0.6 is 0 Å². The molecule has 0 saturated carbocycles. The molecule has 30 heavy (non-hydrogen) atoms. The van der Waals surface area contributed by atoms with E-state index < -0.39 is 18.6 Å². The number of hydrogen-bond donors (Lipinski definition) is 1. The van der Waals surface area contributed by atoms with Gasteiger partial charge in [0.2, 0.25) is 0 Å². The molecule has 0 bridgehead atoms. The highest BCUT2D eigenvalue weighted by Gasteiger charge is 2.28. The van der Waals surface area contributed by atoms with Crippen LogP contribution in [0.4, 0.5) is 19.0 Å². The number of anilines is 1. The molecule has 1 saturated heterocycles. The number of nitrogens with one attached hydrogen (secondary N) is 1. The van der Waals surface area contributed by atoms with Crippen LogP contribution in [0.25, 0.3) is 0 Å². The molecule has 9 heteroatoms. The van der Waals surface area contributed by atoms with Gasteiger partial charge in [-0.15, -0.1) is 0 Å². The zero-order chi connectivity index (χ0) is 21.7. The van der Waals surface area contributed by atoms with Crippen LogP contribution in [0.1, 0.15) is 47.2 Å². The summed E-state index contributed by atoms with van der Waals surface area (Å²) in [6.45, 7) is 2.60. The van der Waals surface area contributed by atoms with Crippen LogP contribution in [0.15, 0.2) is 24.3 Å². The van der Waals surface area contributed by atoms with Gasteiger partial charge in [0.05, 0.1) is 31.7 Å². The Balaban J connectivity index is 1.86. The van der Waals surface area contributed by atoms with Crippen LogP contribution in [0.3, 0.4) is 0 Å². The summed E-state index contributed by atoms with van der Waals surface area (Å²) in [6.07, 6.45) is -3.83. The minimum absolute atomic E-state index is 0.00913. The number of alkyl halides is 3. The Hall–Kier alpha value is -2.68. The van der Waals surface area contributed by atoms with E-state index in [9.17, 15) is 18.0 Å². The molecule has 0 radical (unpaired) electrons. The smallest absolute Gasteiger partial charge is 0.393 e. The zero-order valence-corrected chi connectivity index (χ0v) is 16.9. The Kier molecular flexibility index (Phi) is 6.91. The third-order valence-electron chi connectivity index (χ3n) is 4.78. The van der Waals surface area contributed by atoms with Crippen molar-refractivity contribution in [2.45, 2.75) is 51.4 Å². The van der Waals surface area contributed by atoms with Gasteiger partial charge in [0.15, 0.2) is 0 Å². The van der Waals surface area contributed by atoms with Crippen molar-refractivity contribution in [3.05, 3.63) is 52.5 Å². The monoisotopic (exact) mass is 423 g/mol. The van der Waals surface area contributed by atoms with E-state index in [4.69, 9.17) is 9.47 Å². The molecule has 1 fully saturated rings. The van der Waals surface area contributed by atoms with Gasteiger partial charge in [0, 0.05) is 18.7 Å². The largest absolute Gasteiger partial charge is 0.469 e. The first-order valence-electron chi connectivity index (χ1n) is 9.69. The van der Waals surface area contributed by atoms with Crippen molar-refractivity contribution in [2.24, 2.45) is 0 Å². The quantitative estimate of drug-likeness (QED) is 0.677. The van der Waals surface area contributed by atoms with E-state index in [0.717, 1.165) is 12.8 Å². The molecule has 0 spiro atoms. The molecule has 1 unspecified atom stereocenters. The van der Waals surface area contributed by atoms with Crippen molar-refractivity contribution in [3.8, 4) is 0 Å². The highest BCUT2D eigenvalue weighted by molar-refractivity contribution is 5.73. The molecular weight excluding hydrogens is 399 g/mol. The van der Waals surface area contributed by atoms with Crippen LogP contribution in [0, 0.1) is 6.92 Å². The van der Waals surface area contributed by atoms with Gasteiger partial charge in [0.1, 0.15) is 11.6 Å². The first kappa shape index (κ1) is 22.0. The lowest BCUT2D eigenvalue weighted by atomic mass is 10.0. The molecule has 0 amide bonds. The predicted octanol–water partition coefficient (Wildman–Crippen LogP) is 4.07. The number of hydrogen-bond acceptors (Lipinski definition) is 6. The molecule has 2 aromatic rings. The number of aromatic nitrogens is 2. The first-order chi connectivity index (χ1) is 14.2. The molecule has 1 N–H and O–H groups in total. The summed E-state index contributed by atoms with van der Waals surface area (Å²) in [5.74, 6) is 0.580. The van der Waals surface area contributed by atoms with Crippen molar-refractivity contribution in [1.29, 1.82) is 0 Å². The van der Waals surface area contributed by atoms with Gasteiger partial charge >= 0.3 is 12.1 Å². The van der Waals surface area contributed by atoms with Crippen LogP contribution in [-0.2, 0) is 33.7 Å². The number of rotatable bonds is 7. The second kappa shape index (κ2) is 9.42. The Morgan fingerprint density at radius 2 is 2.07 bits per heavy atom. The molecule has 1 aliphatic rings. The summed E-state index contributed by atoms with van der Waals surface area (Å²) in [7, 11) is 1.31. The van der Waals surface area contributed by atoms with Gasteiger partial charge in [-0.05, 0) is 30.9 Å². The lowest BCUT2D eigenvalue weighted by Crippen LogP contribution is -2.17. The fourth-order valence-electron chi connectivity index (χ4n) is 3.53. The average Bonchev–Trinajstić information content (AvgIpc) is 3.19. The fraction of sp³-hybridized carbons (Fsp3) is 0.476. The minimum Gasteiger partial charge on any atom is -0.469 e. The summed E-state index contributed by atoms with van der Waals surface area (Å²) in [4.78, 5) is 20.8. The van der Waals surface area contributed by atoms with Crippen LogP contribution < -0.4 is 5.32 Å². The highest BCUT2D eigenvalue weighted by Crippen LogP contribution is 2.35. The van der Waals surface area contributed by atoms with Crippen molar-refractivity contribution in [1.82, 2.24) is 9.97 Å². The van der Waals surface area contributed by atoms with E-state index in [1.165, 1.54) is 19.2 Å². The van der Waals surface area contributed by atoms with Gasteiger partial charge in [-0.2, -0.15) is 13.2 Å². The molecule has 1 aliphatic heterocycles. The summed E-state index contributed by atoms with van der Waals surface area (Å²) in [6, 6.07) is 6.34. The van der Waals surface area contributed by atoms with Crippen molar-refractivity contribution < 1.29 is 27.4 Å². The normalized spacial score (nSPS) is 16.5. The Bertz CT molecular complexity index is 897. The number of esters is 1. The molecule has 162 valence electrons. The molecule has 3 rings (SSSR count). The van der Waals surface area contributed by atoms with Crippen molar-refractivity contribution in [2.75, 3.05) is 19.0 Å². The van der Waals surface area contributed by atoms with E-state index >= 15 is 0 Å². The number of ether oxygens (including phenoxy) is 2. The topological polar surface area (TPSA) is 73.3 Å².